The van der Waals surface area contributed by atoms with Gasteiger partial charge in [0.1, 0.15) is 35.0 Å². The van der Waals surface area contributed by atoms with Gasteiger partial charge in [-0.25, -0.2) is 0 Å². The van der Waals surface area contributed by atoms with Crippen LogP contribution in [-0.2, 0) is 11.3 Å². The second-order valence-electron chi connectivity index (χ2n) is 7.68. The first-order valence-corrected chi connectivity index (χ1v) is 10.3. The quantitative estimate of drug-likeness (QED) is 0.444. The van der Waals surface area contributed by atoms with E-state index in [4.69, 9.17) is 18.6 Å². The lowest BCUT2D eigenvalue weighted by atomic mass is 10.1. The van der Waals surface area contributed by atoms with E-state index < -0.39 is 0 Å². The Morgan fingerprint density at radius 1 is 0.906 bits per heavy atom. The molecule has 166 valence electrons. The number of rotatable bonds is 8. The number of ether oxygens (including phenoxy) is 3. The molecule has 0 bridgehead atoms. The van der Waals surface area contributed by atoms with Crippen LogP contribution in [-0.4, -0.2) is 40.8 Å². The topological polar surface area (TPSA) is 74.4 Å². The van der Waals surface area contributed by atoms with Crippen molar-refractivity contribution in [2.75, 3.05) is 40.2 Å². The zero-order valence-corrected chi connectivity index (χ0v) is 18.7. The molecular formula is C25H27N2O5+. The molecule has 0 spiro atoms. The maximum absolute atomic E-state index is 12.8. The summed E-state index contributed by atoms with van der Waals surface area (Å²) in [5, 5.41) is 4.92. The summed E-state index contributed by atoms with van der Waals surface area (Å²) in [4.78, 5) is 13.8. The van der Waals surface area contributed by atoms with E-state index in [0.717, 1.165) is 38.3 Å². The van der Waals surface area contributed by atoms with Gasteiger partial charge in [-0.2, -0.15) is 0 Å². The van der Waals surface area contributed by atoms with Crippen molar-refractivity contribution >= 4 is 33.5 Å². The minimum Gasteiger partial charge on any atom is -0.497 e. The van der Waals surface area contributed by atoms with Gasteiger partial charge in [0.15, 0.2) is 6.54 Å². The van der Waals surface area contributed by atoms with Crippen molar-refractivity contribution in [1.82, 2.24) is 0 Å². The summed E-state index contributed by atoms with van der Waals surface area (Å²) in [5.74, 6) is 1.94. The van der Waals surface area contributed by atoms with Gasteiger partial charge in [-0.05, 0) is 24.3 Å². The number of methoxy groups -OCH3 is 3. The van der Waals surface area contributed by atoms with Crippen molar-refractivity contribution in [3.63, 3.8) is 0 Å². The molecule has 4 aromatic rings. The lowest BCUT2D eigenvalue weighted by molar-refractivity contribution is -0.885. The van der Waals surface area contributed by atoms with Crippen LogP contribution in [0.1, 0.15) is 5.56 Å². The highest BCUT2D eigenvalue weighted by atomic mass is 16.5. The molecule has 32 heavy (non-hydrogen) atoms. The Hall–Kier alpha value is -3.71. The maximum Gasteiger partial charge on any atom is 0.279 e. The van der Waals surface area contributed by atoms with Gasteiger partial charge in [0.2, 0.25) is 0 Å². The number of carbonyl (C=O) groups excluding carboxylic acids is 1. The Labute approximate surface area is 186 Å². The van der Waals surface area contributed by atoms with Gasteiger partial charge < -0.3 is 28.8 Å². The number of carbonyl (C=O) groups is 1. The van der Waals surface area contributed by atoms with Gasteiger partial charge in [-0.3, -0.25) is 4.79 Å². The summed E-state index contributed by atoms with van der Waals surface area (Å²) in [6, 6.07) is 17.2. The van der Waals surface area contributed by atoms with Crippen LogP contribution < -0.4 is 24.4 Å². The van der Waals surface area contributed by atoms with Crippen LogP contribution in [0.2, 0.25) is 0 Å². The van der Waals surface area contributed by atoms with Crippen molar-refractivity contribution in [3.8, 4) is 17.2 Å². The maximum atomic E-state index is 12.8. The second-order valence-corrected chi connectivity index (χ2v) is 7.68. The fourth-order valence-corrected chi connectivity index (χ4v) is 3.87. The third-order valence-electron chi connectivity index (χ3n) is 5.42. The van der Waals surface area contributed by atoms with Crippen molar-refractivity contribution in [2.45, 2.75) is 6.54 Å². The second kappa shape index (κ2) is 9.20. The van der Waals surface area contributed by atoms with E-state index in [1.165, 1.54) is 0 Å². The van der Waals surface area contributed by atoms with E-state index in [2.05, 4.69) is 5.32 Å². The normalized spacial score (nSPS) is 12.0. The first kappa shape index (κ1) is 21.5. The van der Waals surface area contributed by atoms with Crippen LogP contribution in [0.3, 0.4) is 0 Å². The standard InChI is InChI=1S/C25H26N2O5/c1-27(14-16-9-10-17(29-2)11-22(16)30-3)15-25(28)26-20-13-23-19(12-24(20)31-4)18-7-5-6-8-21(18)32-23/h5-13H,14-15H2,1-4H3,(H,26,28)/p+1. The largest absolute Gasteiger partial charge is 0.497 e. The molecule has 3 aromatic carbocycles. The summed E-state index contributed by atoms with van der Waals surface area (Å²) in [7, 11) is 6.79. The Morgan fingerprint density at radius 2 is 1.69 bits per heavy atom. The fraction of sp³-hybridized carbons (Fsp3) is 0.240. The van der Waals surface area contributed by atoms with Gasteiger partial charge in [-0.1, -0.05) is 18.2 Å². The van der Waals surface area contributed by atoms with Crippen LogP contribution in [0, 0.1) is 0 Å². The van der Waals surface area contributed by atoms with Crippen molar-refractivity contribution in [1.29, 1.82) is 0 Å². The predicted octanol–water partition coefficient (Wildman–Crippen LogP) is 3.27. The molecule has 2 N–H and O–H groups in total. The molecule has 0 aliphatic carbocycles. The van der Waals surface area contributed by atoms with E-state index >= 15 is 0 Å². The molecule has 1 amide bonds. The Bertz CT molecular complexity index is 1260. The monoisotopic (exact) mass is 435 g/mol. The third kappa shape index (κ3) is 4.33. The minimum absolute atomic E-state index is 0.122. The number of likely N-dealkylation sites (N-methyl/N-ethyl adjacent to an activating group) is 1. The SMILES string of the molecule is COc1ccc(C[NH+](C)CC(=O)Nc2cc3oc4ccccc4c3cc2OC)c(OC)c1. The van der Waals surface area contributed by atoms with Gasteiger partial charge >= 0.3 is 0 Å². The first-order valence-electron chi connectivity index (χ1n) is 10.3. The summed E-state index contributed by atoms with van der Waals surface area (Å²) in [6.45, 7) is 0.900. The van der Waals surface area contributed by atoms with Crippen molar-refractivity contribution in [2.24, 2.45) is 0 Å². The number of fused-ring (bicyclic) bond motifs is 3. The summed E-state index contributed by atoms with van der Waals surface area (Å²) < 4.78 is 22.2. The van der Waals surface area contributed by atoms with E-state index in [1.807, 2.05) is 61.6 Å². The molecule has 0 saturated carbocycles. The van der Waals surface area contributed by atoms with Gasteiger partial charge in [0.05, 0.1) is 34.1 Å². The lowest BCUT2D eigenvalue weighted by Gasteiger charge is -2.17. The Balaban J connectivity index is 1.49. The lowest BCUT2D eigenvalue weighted by Crippen LogP contribution is -3.08. The smallest absolute Gasteiger partial charge is 0.279 e. The van der Waals surface area contributed by atoms with Crippen LogP contribution >= 0.6 is 0 Å². The Morgan fingerprint density at radius 3 is 2.44 bits per heavy atom. The number of hydrogen-bond acceptors (Lipinski definition) is 5. The minimum atomic E-state index is -0.122. The fourth-order valence-electron chi connectivity index (χ4n) is 3.87. The number of anilines is 1. The summed E-state index contributed by atoms with van der Waals surface area (Å²) >= 11 is 0. The molecule has 0 aliphatic heterocycles. The van der Waals surface area contributed by atoms with Gasteiger partial charge in [0, 0.05) is 28.5 Å². The number of benzene rings is 3. The molecule has 1 atom stereocenters. The Kier molecular flexibility index (Phi) is 6.18. The van der Waals surface area contributed by atoms with Gasteiger partial charge in [0.25, 0.3) is 5.91 Å². The highest BCUT2D eigenvalue weighted by Gasteiger charge is 2.17. The molecule has 0 aliphatic rings. The molecule has 1 unspecified atom stereocenters. The molecule has 1 heterocycles. The molecular weight excluding hydrogens is 408 g/mol. The molecule has 4 rings (SSSR count). The average molecular weight is 436 g/mol. The number of amides is 1. The number of nitrogens with one attached hydrogen (secondary N) is 2. The van der Waals surface area contributed by atoms with E-state index in [1.54, 1.807) is 21.3 Å². The zero-order valence-electron chi connectivity index (χ0n) is 18.7. The predicted molar refractivity (Wildman–Crippen MR) is 124 cm³/mol. The van der Waals surface area contributed by atoms with Crippen LogP contribution in [0.15, 0.2) is 59.0 Å². The molecule has 0 radical (unpaired) electrons. The number of quaternary nitrogens is 1. The van der Waals surface area contributed by atoms with Crippen LogP contribution in [0.5, 0.6) is 17.2 Å². The number of para-hydroxylation sites is 1. The van der Waals surface area contributed by atoms with E-state index in [-0.39, 0.29) is 12.5 Å². The first-order chi connectivity index (χ1) is 15.5. The molecule has 7 heteroatoms. The van der Waals surface area contributed by atoms with Gasteiger partial charge in [-0.15, -0.1) is 0 Å². The van der Waals surface area contributed by atoms with Crippen molar-refractivity contribution in [3.05, 3.63) is 60.2 Å². The van der Waals surface area contributed by atoms with Crippen molar-refractivity contribution < 1.29 is 28.3 Å². The summed E-state index contributed by atoms with van der Waals surface area (Å²) in [6.07, 6.45) is 0. The van der Waals surface area contributed by atoms with E-state index in [9.17, 15) is 4.79 Å². The van der Waals surface area contributed by atoms with E-state index in [0.29, 0.717) is 23.6 Å². The molecule has 0 fully saturated rings. The van der Waals surface area contributed by atoms with Crippen LogP contribution in [0.4, 0.5) is 5.69 Å². The average Bonchev–Trinajstić information content (AvgIpc) is 3.15. The molecule has 7 nitrogen and oxygen atoms in total. The summed E-state index contributed by atoms with van der Waals surface area (Å²) in [5.41, 5.74) is 3.08. The van der Waals surface area contributed by atoms with Crippen LogP contribution in [0.25, 0.3) is 21.9 Å². The number of hydrogen-bond donors (Lipinski definition) is 2. The zero-order chi connectivity index (χ0) is 22.7. The third-order valence-corrected chi connectivity index (χ3v) is 5.42. The number of furan rings is 1. The molecule has 0 saturated heterocycles. The highest BCUT2D eigenvalue weighted by Crippen LogP contribution is 2.36. The highest BCUT2D eigenvalue weighted by molar-refractivity contribution is 6.07. The molecule has 1 aromatic heterocycles.